The lowest BCUT2D eigenvalue weighted by atomic mass is 9.97. The summed E-state index contributed by atoms with van der Waals surface area (Å²) in [6.45, 7) is 2.56. The molecule has 2 unspecified atom stereocenters. The highest BCUT2D eigenvalue weighted by atomic mass is 15.2. The van der Waals surface area contributed by atoms with Crippen LogP contribution < -0.4 is 5.32 Å². The summed E-state index contributed by atoms with van der Waals surface area (Å²) in [5.41, 5.74) is 1.05. The standard InChI is InChI=1S/C12H18N4/c1-2-12-6-10(3-5-16(12)4-1)15-11-7-13-9-14-8-11/h7-10,12,15H,1-6H2. The fourth-order valence-electron chi connectivity index (χ4n) is 2.96. The van der Waals surface area contributed by atoms with Crippen LogP contribution in [0.4, 0.5) is 5.69 Å². The van der Waals surface area contributed by atoms with Gasteiger partial charge in [-0.1, -0.05) is 0 Å². The van der Waals surface area contributed by atoms with Crippen molar-refractivity contribution in [1.82, 2.24) is 14.9 Å². The molecule has 16 heavy (non-hydrogen) atoms. The van der Waals surface area contributed by atoms with Crippen molar-refractivity contribution in [2.45, 2.75) is 37.8 Å². The van der Waals surface area contributed by atoms with Crippen LogP contribution in [-0.2, 0) is 0 Å². The Labute approximate surface area is 96.1 Å². The maximum atomic E-state index is 4.03. The SMILES string of the molecule is c1ncc(NC2CCN3CCCC3C2)cn1. The third-order valence-corrected chi connectivity index (χ3v) is 3.75. The van der Waals surface area contributed by atoms with Gasteiger partial charge in [0, 0.05) is 18.6 Å². The third-order valence-electron chi connectivity index (χ3n) is 3.75. The Morgan fingerprint density at radius 1 is 1.19 bits per heavy atom. The zero-order valence-corrected chi connectivity index (χ0v) is 9.47. The molecule has 3 heterocycles. The van der Waals surface area contributed by atoms with E-state index < -0.39 is 0 Å². The topological polar surface area (TPSA) is 41.1 Å². The van der Waals surface area contributed by atoms with E-state index in [4.69, 9.17) is 0 Å². The van der Waals surface area contributed by atoms with E-state index in [1.807, 2.05) is 12.4 Å². The fraction of sp³-hybridized carbons (Fsp3) is 0.667. The van der Waals surface area contributed by atoms with E-state index in [0.717, 1.165) is 11.7 Å². The predicted octanol–water partition coefficient (Wildman–Crippen LogP) is 1.52. The van der Waals surface area contributed by atoms with E-state index >= 15 is 0 Å². The second-order valence-corrected chi connectivity index (χ2v) is 4.82. The number of nitrogens with zero attached hydrogens (tertiary/aromatic N) is 3. The molecule has 0 saturated carbocycles. The summed E-state index contributed by atoms with van der Waals surface area (Å²) in [7, 11) is 0. The van der Waals surface area contributed by atoms with Crippen LogP contribution in [0.15, 0.2) is 18.7 Å². The molecule has 1 N–H and O–H groups in total. The zero-order chi connectivity index (χ0) is 10.8. The van der Waals surface area contributed by atoms with E-state index in [0.29, 0.717) is 6.04 Å². The summed E-state index contributed by atoms with van der Waals surface area (Å²) in [6, 6.07) is 1.42. The normalized spacial score (nSPS) is 30.0. The molecule has 0 aliphatic carbocycles. The average molecular weight is 218 g/mol. The first-order chi connectivity index (χ1) is 7.92. The summed E-state index contributed by atoms with van der Waals surface area (Å²) >= 11 is 0. The van der Waals surface area contributed by atoms with Crippen LogP contribution in [0.3, 0.4) is 0 Å². The Morgan fingerprint density at radius 3 is 2.94 bits per heavy atom. The van der Waals surface area contributed by atoms with Gasteiger partial charge < -0.3 is 10.2 Å². The van der Waals surface area contributed by atoms with Crippen LogP contribution in [0.5, 0.6) is 0 Å². The molecule has 2 aliphatic heterocycles. The van der Waals surface area contributed by atoms with Gasteiger partial charge in [-0.3, -0.25) is 0 Å². The Morgan fingerprint density at radius 2 is 2.06 bits per heavy atom. The molecule has 4 nitrogen and oxygen atoms in total. The molecule has 0 spiro atoms. The quantitative estimate of drug-likeness (QED) is 0.817. The molecule has 0 radical (unpaired) electrons. The van der Waals surface area contributed by atoms with Gasteiger partial charge >= 0.3 is 0 Å². The molecule has 3 rings (SSSR count). The molecule has 0 bridgehead atoms. The number of nitrogens with one attached hydrogen (secondary N) is 1. The van der Waals surface area contributed by atoms with Gasteiger partial charge in [-0.05, 0) is 32.2 Å². The maximum Gasteiger partial charge on any atom is 0.115 e. The third kappa shape index (κ3) is 2.02. The molecule has 0 amide bonds. The largest absolute Gasteiger partial charge is 0.380 e. The average Bonchev–Trinajstić information content (AvgIpc) is 2.77. The van der Waals surface area contributed by atoms with Crippen molar-refractivity contribution in [2.24, 2.45) is 0 Å². The van der Waals surface area contributed by atoms with Crippen LogP contribution >= 0.6 is 0 Å². The van der Waals surface area contributed by atoms with Crippen LogP contribution in [0.2, 0.25) is 0 Å². The molecule has 86 valence electrons. The Hall–Kier alpha value is -1.16. The number of fused-ring (bicyclic) bond motifs is 1. The predicted molar refractivity (Wildman–Crippen MR) is 63.3 cm³/mol. The highest BCUT2D eigenvalue weighted by Gasteiger charge is 2.31. The van der Waals surface area contributed by atoms with Crippen molar-refractivity contribution in [3.8, 4) is 0 Å². The van der Waals surface area contributed by atoms with Crippen molar-refractivity contribution in [3.05, 3.63) is 18.7 Å². The van der Waals surface area contributed by atoms with Crippen LogP contribution in [0.1, 0.15) is 25.7 Å². The smallest absolute Gasteiger partial charge is 0.115 e. The van der Waals surface area contributed by atoms with Crippen molar-refractivity contribution in [1.29, 1.82) is 0 Å². The van der Waals surface area contributed by atoms with E-state index in [2.05, 4.69) is 20.2 Å². The highest BCUT2D eigenvalue weighted by molar-refractivity contribution is 5.38. The Kier molecular flexibility index (Phi) is 2.74. The van der Waals surface area contributed by atoms with E-state index in [9.17, 15) is 0 Å². The van der Waals surface area contributed by atoms with Crippen molar-refractivity contribution < 1.29 is 0 Å². The van der Waals surface area contributed by atoms with Crippen molar-refractivity contribution in [3.63, 3.8) is 0 Å². The van der Waals surface area contributed by atoms with Gasteiger partial charge in [-0.25, -0.2) is 9.97 Å². The minimum atomic E-state index is 0.602. The van der Waals surface area contributed by atoms with Gasteiger partial charge in [-0.2, -0.15) is 0 Å². The molecule has 2 atom stereocenters. The summed E-state index contributed by atoms with van der Waals surface area (Å²) in [6.07, 6.45) is 10.6. The molecule has 1 aromatic heterocycles. The number of aromatic nitrogens is 2. The molecular weight excluding hydrogens is 200 g/mol. The van der Waals surface area contributed by atoms with E-state index in [1.165, 1.54) is 38.8 Å². The monoisotopic (exact) mass is 218 g/mol. The number of hydrogen-bond acceptors (Lipinski definition) is 4. The van der Waals surface area contributed by atoms with Gasteiger partial charge in [0.15, 0.2) is 0 Å². The second kappa shape index (κ2) is 4.37. The first-order valence-electron chi connectivity index (χ1n) is 6.17. The Balaban J connectivity index is 1.60. The summed E-state index contributed by atoms with van der Waals surface area (Å²) in [4.78, 5) is 10.7. The van der Waals surface area contributed by atoms with E-state index in [1.54, 1.807) is 6.33 Å². The molecule has 1 aromatic rings. The number of hydrogen-bond donors (Lipinski definition) is 1. The van der Waals surface area contributed by atoms with Crippen LogP contribution in [0.25, 0.3) is 0 Å². The maximum absolute atomic E-state index is 4.03. The number of rotatable bonds is 2. The van der Waals surface area contributed by atoms with Gasteiger partial charge in [0.05, 0.1) is 18.1 Å². The highest BCUT2D eigenvalue weighted by Crippen LogP contribution is 2.28. The summed E-state index contributed by atoms with van der Waals surface area (Å²) in [5.74, 6) is 0. The minimum Gasteiger partial charge on any atom is -0.380 e. The zero-order valence-electron chi connectivity index (χ0n) is 9.47. The van der Waals surface area contributed by atoms with Gasteiger partial charge in [0.1, 0.15) is 6.33 Å². The lowest BCUT2D eigenvalue weighted by Gasteiger charge is -2.35. The molecule has 4 heteroatoms. The second-order valence-electron chi connectivity index (χ2n) is 4.82. The minimum absolute atomic E-state index is 0.602. The molecule has 2 saturated heterocycles. The first-order valence-corrected chi connectivity index (χ1v) is 6.17. The van der Waals surface area contributed by atoms with Crippen LogP contribution in [0, 0.1) is 0 Å². The fourth-order valence-corrected chi connectivity index (χ4v) is 2.96. The van der Waals surface area contributed by atoms with Gasteiger partial charge in [0.2, 0.25) is 0 Å². The molecular formula is C12H18N4. The first kappa shape index (κ1) is 10.0. The lowest BCUT2D eigenvalue weighted by molar-refractivity contribution is 0.188. The molecule has 0 aromatic carbocycles. The van der Waals surface area contributed by atoms with Gasteiger partial charge in [-0.15, -0.1) is 0 Å². The van der Waals surface area contributed by atoms with Gasteiger partial charge in [0.25, 0.3) is 0 Å². The summed E-state index contributed by atoms with van der Waals surface area (Å²) in [5, 5.41) is 3.54. The van der Waals surface area contributed by atoms with Crippen LogP contribution in [-0.4, -0.2) is 40.0 Å². The number of piperidine rings is 1. The van der Waals surface area contributed by atoms with Crippen molar-refractivity contribution in [2.75, 3.05) is 18.4 Å². The molecule has 2 aliphatic rings. The Bertz CT molecular complexity index is 340. The van der Waals surface area contributed by atoms with E-state index in [-0.39, 0.29) is 0 Å². The summed E-state index contributed by atoms with van der Waals surface area (Å²) < 4.78 is 0. The molecule has 2 fully saturated rings. The van der Waals surface area contributed by atoms with Crippen molar-refractivity contribution >= 4 is 5.69 Å². The number of anilines is 1. The lowest BCUT2D eigenvalue weighted by Crippen LogP contribution is -2.42.